The van der Waals surface area contributed by atoms with E-state index < -0.39 is 11.7 Å². The first-order valence-corrected chi connectivity index (χ1v) is 8.76. The second-order valence-electron chi connectivity index (χ2n) is 6.36. The van der Waals surface area contributed by atoms with Crippen molar-refractivity contribution in [2.45, 2.75) is 31.6 Å². The van der Waals surface area contributed by atoms with Crippen molar-refractivity contribution >= 4 is 11.9 Å². The van der Waals surface area contributed by atoms with Crippen LogP contribution in [0.15, 0.2) is 60.7 Å². The van der Waals surface area contributed by atoms with E-state index in [0.29, 0.717) is 19.4 Å². The number of nitrogens with zero attached hydrogens (tertiary/aromatic N) is 1. The van der Waals surface area contributed by atoms with Gasteiger partial charge in [-0.2, -0.15) is 0 Å². The van der Waals surface area contributed by atoms with Gasteiger partial charge < -0.3 is 14.4 Å². The zero-order chi connectivity index (χ0) is 18.4. The summed E-state index contributed by atoms with van der Waals surface area (Å²) in [5.41, 5.74) is 0.501. The lowest BCUT2D eigenvalue weighted by Gasteiger charge is -2.35. The summed E-state index contributed by atoms with van der Waals surface area (Å²) < 4.78 is 11.0. The molecular formula is C21H23NO4. The lowest BCUT2D eigenvalue weighted by molar-refractivity contribution is -0.199. The van der Waals surface area contributed by atoms with Gasteiger partial charge in [-0.1, -0.05) is 60.7 Å². The third kappa shape index (κ3) is 3.78. The molecule has 2 aromatic carbocycles. The number of ether oxygens (including phenoxy) is 2. The average molecular weight is 353 g/mol. The van der Waals surface area contributed by atoms with E-state index in [1.165, 1.54) is 12.0 Å². The van der Waals surface area contributed by atoms with Gasteiger partial charge in [0.15, 0.2) is 0 Å². The van der Waals surface area contributed by atoms with Gasteiger partial charge in [0.25, 0.3) is 0 Å². The highest BCUT2D eigenvalue weighted by Crippen LogP contribution is 2.33. The molecule has 1 aliphatic heterocycles. The summed E-state index contributed by atoms with van der Waals surface area (Å²) in [5, 5.41) is 0. The van der Waals surface area contributed by atoms with Crippen molar-refractivity contribution in [2.24, 2.45) is 0 Å². The van der Waals surface area contributed by atoms with Crippen molar-refractivity contribution in [3.63, 3.8) is 0 Å². The van der Waals surface area contributed by atoms with Gasteiger partial charge in [-0.25, -0.2) is 4.79 Å². The van der Waals surface area contributed by atoms with Crippen molar-refractivity contribution in [3.05, 3.63) is 71.8 Å². The Hall–Kier alpha value is -2.66. The molecule has 1 saturated heterocycles. The summed E-state index contributed by atoms with van der Waals surface area (Å²) in [6.45, 7) is 0.723. The van der Waals surface area contributed by atoms with Crippen LogP contribution in [-0.2, 0) is 32.1 Å². The van der Waals surface area contributed by atoms with Gasteiger partial charge in [0, 0.05) is 13.0 Å². The molecule has 136 valence electrons. The van der Waals surface area contributed by atoms with Gasteiger partial charge in [-0.3, -0.25) is 4.79 Å². The molecule has 0 aromatic heterocycles. The predicted molar refractivity (Wildman–Crippen MR) is 97.1 cm³/mol. The maximum Gasteiger partial charge on any atom is 0.359 e. The lowest BCUT2D eigenvalue weighted by Crippen LogP contribution is -2.55. The standard InChI is InChI=1S/C21H23NO4/c1-25-20(24)21(26-16-18-11-6-3-7-12-18)13-8-14-22(21)19(23)15-17-9-4-2-5-10-17/h2-7,9-12H,8,13-16H2,1H3/t21-/m1/s1. The highest BCUT2D eigenvalue weighted by Gasteiger charge is 2.52. The van der Waals surface area contributed by atoms with Crippen LogP contribution < -0.4 is 0 Å². The summed E-state index contributed by atoms with van der Waals surface area (Å²) >= 11 is 0. The van der Waals surface area contributed by atoms with Gasteiger partial charge in [-0.15, -0.1) is 0 Å². The predicted octanol–water partition coefficient (Wildman–Crippen LogP) is 2.94. The molecule has 1 amide bonds. The van der Waals surface area contributed by atoms with Crippen LogP contribution in [0.1, 0.15) is 24.0 Å². The van der Waals surface area contributed by atoms with Crippen LogP contribution in [0.4, 0.5) is 0 Å². The summed E-state index contributed by atoms with van der Waals surface area (Å²) in [4.78, 5) is 27.0. The Morgan fingerprint density at radius 2 is 1.62 bits per heavy atom. The molecule has 5 nitrogen and oxygen atoms in total. The van der Waals surface area contributed by atoms with Crippen LogP contribution in [0.2, 0.25) is 0 Å². The highest BCUT2D eigenvalue weighted by molar-refractivity contribution is 5.88. The fraction of sp³-hybridized carbons (Fsp3) is 0.333. The molecule has 1 heterocycles. The highest BCUT2D eigenvalue weighted by atomic mass is 16.6. The van der Waals surface area contributed by atoms with Crippen LogP contribution in [0.5, 0.6) is 0 Å². The molecule has 0 unspecified atom stereocenters. The van der Waals surface area contributed by atoms with Crippen LogP contribution in [0, 0.1) is 0 Å². The topological polar surface area (TPSA) is 55.8 Å². The molecule has 1 atom stereocenters. The van der Waals surface area contributed by atoms with E-state index in [2.05, 4.69) is 0 Å². The SMILES string of the molecule is COC(=O)[C@]1(OCc2ccccc2)CCCN1C(=O)Cc1ccccc1. The Morgan fingerprint density at radius 1 is 1.00 bits per heavy atom. The maximum atomic E-state index is 12.9. The number of carbonyl (C=O) groups excluding carboxylic acids is 2. The quantitative estimate of drug-likeness (QED) is 0.749. The number of methoxy groups -OCH3 is 1. The number of rotatable bonds is 6. The molecule has 1 fully saturated rings. The first kappa shape index (κ1) is 18.1. The minimum Gasteiger partial charge on any atom is -0.465 e. The Labute approximate surface area is 153 Å². The second-order valence-corrected chi connectivity index (χ2v) is 6.36. The first-order chi connectivity index (χ1) is 12.7. The molecule has 0 aliphatic carbocycles. The summed E-state index contributed by atoms with van der Waals surface area (Å²) in [7, 11) is 1.33. The van der Waals surface area contributed by atoms with Crippen molar-refractivity contribution < 1.29 is 19.1 Å². The Balaban J connectivity index is 1.80. The molecule has 1 aliphatic rings. The Morgan fingerprint density at radius 3 is 2.23 bits per heavy atom. The molecular weight excluding hydrogens is 330 g/mol. The largest absolute Gasteiger partial charge is 0.465 e. The second kappa shape index (κ2) is 8.15. The van der Waals surface area contributed by atoms with Crippen LogP contribution in [-0.4, -0.2) is 36.2 Å². The van der Waals surface area contributed by atoms with Crippen molar-refractivity contribution in [2.75, 3.05) is 13.7 Å². The molecule has 3 rings (SSSR count). The van der Waals surface area contributed by atoms with Crippen molar-refractivity contribution in [3.8, 4) is 0 Å². The number of amides is 1. The lowest BCUT2D eigenvalue weighted by atomic mass is 10.1. The van der Waals surface area contributed by atoms with E-state index in [-0.39, 0.29) is 18.9 Å². The van der Waals surface area contributed by atoms with E-state index in [1.54, 1.807) is 0 Å². The smallest absolute Gasteiger partial charge is 0.359 e. The number of likely N-dealkylation sites (tertiary alicyclic amines) is 1. The average Bonchev–Trinajstić information content (AvgIpc) is 3.12. The molecule has 26 heavy (non-hydrogen) atoms. The van der Waals surface area contributed by atoms with Gasteiger partial charge in [0.2, 0.25) is 11.6 Å². The van der Waals surface area contributed by atoms with Gasteiger partial charge in [0.1, 0.15) is 0 Å². The Kier molecular flexibility index (Phi) is 5.68. The molecule has 0 N–H and O–H groups in total. The van der Waals surface area contributed by atoms with Crippen molar-refractivity contribution in [1.82, 2.24) is 4.90 Å². The van der Waals surface area contributed by atoms with Crippen LogP contribution in [0.25, 0.3) is 0 Å². The fourth-order valence-electron chi connectivity index (χ4n) is 3.34. The first-order valence-electron chi connectivity index (χ1n) is 8.76. The number of hydrogen-bond acceptors (Lipinski definition) is 4. The molecule has 0 spiro atoms. The summed E-state index contributed by atoms with van der Waals surface area (Å²) in [6.07, 6.45) is 1.37. The number of hydrogen-bond donors (Lipinski definition) is 0. The zero-order valence-electron chi connectivity index (χ0n) is 14.9. The molecule has 0 bridgehead atoms. The summed E-state index contributed by atoms with van der Waals surface area (Å²) in [6, 6.07) is 19.1. The van der Waals surface area contributed by atoms with Crippen molar-refractivity contribution in [1.29, 1.82) is 0 Å². The number of esters is 1. The zero-order valence-corrected chi connectivity index (χ0v) is 14.9. The van der Waals surface area contributed by atoms with E-state index in [0.717, 1.165) is 11.1 Å². The van der Waals surface area contributed by atoms with E-state index >= 15 is 0 Å². The molecule has 0 saturated carbocycles. The van der Waals surface area contributed by atoms with E-state index in [9.17, 15) is 9.59 Å². The van der Waals surface area contributed by atoms with Gasteiger partial charge in [-0.05, 0) is 17.5 Å². The number of benzene rings is 2. The normalized spacial score (nSPS) is 19.3. The van der Waals surface area contributed by atoms with Gasteiger partial charge in [0.05, 0.1) is 20.1 Å². The monoisotopic (exact) mass is 353 g/mol. The van der Waals surface area contributed by atoms with Crippen LogP contribution >= 0.6 is 0 Å². The molecule has 5 heteroatoms. The third-order valence-electron chi connectivity index (χ3n) is 4.66. The van der Waals surface area contributed by atoms with E-state index in [4.69, 9.17) is 9.47 Å². The third-order valence-corrected chi connectivity index (χ3v) is 4.66. The number of carbonyl (C=O) groups is 2. The molecule has 2 aromatic rings. The molecule has 0 radical (unpaired) electrons. The minimum atomic E-state index is -1.35. The maximum absolute atomic E-state index is 12.9. The van der Waals surface area contributed by atoms with E-state index in [1.807, 2.05) is 60.7 Å². The Bertz CT molecular complexity index is 747. The summed E-state index contributed by atoms with van der Waals surface area (Å²) in [5.74, 6) is -0.653. The van der Waals surface area contributed by atoms with Crippen LogP contribution in [0.3, 0.4) is 0 Å². The minimum absolute atomic E-state index is 0.132. The van der Waals surface area contributed by atoms with Gasteiger partial charge >= 0.3 is 5.97 Å². The fourth-order valence-corrected chi connectivity index (χ4v) is 3.34.